The summed E-state index contributed by atoms with van der Waals surface area (Å²) in [6.07, 6.45) is 0. The van der Waals surface area contributed by atoms with E-state index in [0.29, 0.717) is 48.7 Å². The lowest BCUT2D eigenvalue weighted by Gasteiger charge is -2.44. The summed E-state index contributed by atoms with van der Waals surface area (Å²) in [5.74, 6) is -1.75. The Labute approximate surface area is 211 Å². The number of methoxy groups -OCH3 is 1. The number of amides is 2. The molecule has 0 spiro atoms. The van der Waals surface area contributed by atoms with E-state index >= 15 is 0 Å². The lowest BCUT2D eigenvalue weighted by atomic mass is 9.93. The van der Waals surface area contributed by atoms with Crippen LogP contribution in [0, 0.1) is 5.82 Å². The van der Waals surface area contributed by atoms with Crippen molar-refractivity contribution in [3.05, 3.63) is 58.9 Å². The molecule has 2 aromatic rings. The van der Waals surface area contributed by atoms with Crippen LogP contribution in [0.3, 0.4) is 0 Å². The molecule has 1 unspecified atom stereocenters. The number of likely N-dealkylation sites (N-methyl/N-ethyl adjacent to an activating group) is 1. The van der Waals surface area contributed by atoms with Crippen LogP contribution in [-0.4, -0.2) is 85.2 Å². The Bertz CT molecular complexity index is 1170. The zero-order valence-corrected chi connectivity index (χ0v) is 21.4. The van der Waals surface area contributed by atoms with Crippen LogP contribution in [0.15, 0.2) is 36.4 Å². The fraction of sp³-hybridized carbons (Fsp3) is 0.444. The number of fused-ring (bicyclic) bond motifs is 1. The van der Waals surface area contributed by atoms with E-state index in [1.165, 1.54) is 24.1 Å². The van der Waals surface area contributed by atoms with Gasteiger partial charge in [-0.25, -0.2) is 4.39 Å². The molecule has 8 nitrogen and oxygen atoms in total. The SMILES string of the molecule is COc1cc2c(cc1C(=O)N1C[C@H](C)N(Cc3ccc(F)cc3)C[C@H]1C)C(C(=O)C(=O)N(C)C)CN2. The molecule has 0 aromatic heterocycles. The fourth-order valence-corrected chi connectivity index (χ4v) is 4.98. The minimum absolute atomic E-state index is 0.0713. The van der Waals surface area contributed by atoms with E-state index in [-0.39, 0.29) is 23.8 Å². The molecule has 0 bridgehead atoms. The summed E-state index contributed by atoms with van der Waals surface area (Å²) in [5.41, 5.74) is 2.72. The number of rotatable bonds is 6. The van der Waals surface area contributed by atoms with Crippen molar-refractivity contribution in [2.24, 2.45) is 0 Å². The minimum atomic E-state index is -0.656. The summed E-state index contributed by atoms with van der Waals surface area (Å²) in [6, 6.07) is 9.94. The molecule has 2 aliphatic rings. The number of carbonyl (C=O) groups is 3. The molecule has 192 valence electrons. The number of ketones is 1. The highest BCUT2D eigenvalue weighted by Crippen LogP contribution is 2.38. The van der Waals surface area contributed by atoms with Crippen LogP contribution in [0.1, 0.15) is 41.3 Å². The average Bonchev–Trinajstić information content (AvgIpc) is 3.28. The molecule has 2 aromatic carbocycles. The standard InChI is InChI=1S/C27H33FN4O4/c1-16-14-32(17(2)13-31(16)15-18-6-8-19(28)9-7-18)26(34)21-10-20-22(25(33)27(35)30(3)4)12-29-23(20)11-24(21)36-5/h6-11,16-17,22,29H,12-15H2,1-5H3/t16-,17+,22?/m0/s1. The molecule has 2 heterocycles. The normalized spacial score (nSPS) is 21.5. The highest BCUT2D eigenvalue weighted by atomic mass is 19.1. The molecule has 4 rings (SSSR count). The topological polar surface area (TPSA) is 82.2 Å². The maximum atomic E-state index is 13.8. The van der Waals surface area contributed by atoms with E-state index in [2.05, 4.69) is 17.1 Å². The Kier molecular flexibility index (Phi) is 7.31. The van der Waals surface area contributed by atoms with Crippen LogP contribution in [0.5, 0.6) is 5.75 Å². The van der Waals surface area contributed by atoms with Gasteiger partial charge in [0.25, 0.3) is 11.8 Å². The zero-order valence-electron chi connectivity index (χ0n) is 21.4. The van der Waals surface area contributed by atoms with Gasteiger partial charge < -0.3 is 19.9 Å². The van der Waals surface area contributed by atoms with Crippen molar-refractivity contribution in [3.8, 4) is 5.75 Å². The number of anilines is 1. The Hall–Kier alpha value is -3.46. The van der Waals surface area contributed by atoms with E-state index in [9.17, 15) is 18.8 Å². The van der Waals surface area contributed by atoms with E-state index < -0.39 is 17.6 Å². The van der Waals surface area contributed by atoms with Gasteiger partial charge in [0.15, 0.2) is 0 Å². The van der Waals surface area contributed by atoms with Crippen LogP contribution in [0.25, 0.3) is 0 Å². The molecule has 2 amide bonds. The largest absolute Gasteiger partial charge is 0.496 e. The van der Waals surface area contributed by atoms with Crippen LogP contribution in [-0.2, 0) is 16.1 Å². The van der Waals surface area contributed by atoms with E-state index in [4.69, 9.17) is 4.74 Å². The van der Waals surface area contributed by atoms with E-state index in [1.54, 1.807) is 38.4 Å². The second kappa shape index (κ2) is 10.3. The summed E-state index contributed by atoms with van der Waals surface area (Å²) in [4.78, 5) is 44.3. The first-order valence-electron chi connectivity index (χ1n) is 12.1. The number of halogens is 1. The summed E-state index contributed by atoms with van der Waals surface area (Å²) in [6.45, 7) is 6.22. The van der Waals surface area contributed by atoms with Crippen molar-refractivity contribution < 1.29 is 23.5 Å². The summed E-state index contributed by atoms with van der Waals surface area (Å²) < 4.78 is 18.8. The minimum Gasteiger partial charge on any atom is -0.496 e. The Morgan fingerprint density at radius 1 is 1.08 bits per heavy atom. The van der Waals surface area contributed by atoms with Gasteiger partial charge in [-0.05, 0) is 43.2 Å². The predicted molar refractivity (Wildman–Crippen MR) is 135 cm³/mol. The zero-order chi connectivity index (χ0) is 26.1. The Balaban J connectivity index is 1.56. The third-order valence-corrected chi connectivity index (χ3v) is 7.08. The molecular formula is C27H33FN4O4. The van der Waals surface area contributed by atoms with Crippen LogP contribution >= 0.6 is 0 Å². The lowest BCUT2D eigenvalue weighted by Crippen LogP contribution is -2.57. The molecule has 0 aliphatic carbocycles. The fourth-order valence-electron chi connectivity index (χ4n) is 4.98. The van der Waals surface area contributed by atoms with Crippen molar-refractivity contribution in [1.82, 2.24) is 14.7 Å². The van der Waals surface area contributed by atoms with Crippen LogP contribution in [0.2, 0.25) is 0 Å². The molecule has 36 heavy (non-hydrogen) atoms. The predicted octanol–water partition coefficient (Wildman–Crippen LogP) is 2.74. The van der Waals surface area contributed by atoms with Gasteiger partial charge in [0.05, 0.1) is 18.6 Å². The number of Topliss-reactive ketones (excluding diaryl/α,β-unsaturated/α-hetero) is 1. The van der Waals surface area contributed by atoms with Gasteiger partial charge in [-0.1, -0.05) is 12.1 Å². The third kappa shape index (κ3) is 4.93. The average molecular weight is 497 g/mol. The monoisotopic (exact) mass is 496 g/mol. The van der Waals surface area contributed by atoms with E-state index in [1.807, 2.05) is 11.8 Å². The van der Waals surface area contributed by atoms with E-state index in [0.717, 1.165) is 5.56 Å². The first-order valence-corrected chi connectivity index (χ1v) is 12.1. The number of benzene rings is 2. The van der Waals surface area contributed by atoms with Gasteiger partial charge in [0.1, 0.15) is 11.6 Å². The molecule has 0 saturated carbocycles. The van der Waals surface area contributed by atoms with Gasteiger partial charge in [0.2, 0.25) is 5.78 Å². The Morgan fingerprint density at radius 2 is 1.78 bits per heavy atom. The molecule has 3 atom stereocenters. The number of nitrogens with zero attached hydrogens (tertiary/aromatic N) is 3. The number of hydrogen-bond donors (Lipinski definition) is 1. The highest BCUT2D eigenvalue weighted by Gasteiger charge is 2.37. The first-order chi connectivity index (χ1) is 17.1. The van der Waals surface area contributed by atoms with Gasteiger partial charge in [-0.3, -0.25) is 19.3 Å². The number of nitrogens with one attached hydrogen (secondary N) is 1. The smallest absolute Gasteiger partial charge is 0.290 e. The maximum Gasteiger partial charge on any atom is 0.290 e. The third-order valence-electron chi connectivity index (χ3n) is 7.08. The van der Waals surface area contributed by atoms with Gasteiger partial charge in [0, 0.05) is 64.1 Å². The van der Waals surface area contributed by atoms with Gasteiger partial charge in [-0.15, -0.1) is 0 Å². The van der Waals surface area contributed by atoms with Crippen molar-refractivity contribution in [1.29, 1.82) is 0 Å². The number of piperazine rings is 1. The molecule has 1 N–H and O–H groups in total. The van der Waals surface area contributed by atoms with Gasteiger partial charge >= 0.3 is 0 Å². The Morgan fingerprint density at radius 3 is 2.42 bits per heavy atom. The van der Waals surface area contributed by atoms with Crippen LogP contribution in [0.4, 0.5) is 10.1 Å². The number of hydrogen-bond acceptors (Lipinski definition) is 6. The summed E-state index contributed by atoms with van der Waals surface area (Å²) >= 11 is 0. The number of ether oxygens (including phenoxy) is 1. The van der Waals surface area contributed by atoms with Crippen molar-refractivity contribution in [3.63, 3.8) is 0 Å². The van der Waals surface area contributed by atoms with Crippen molar-refractivity contribution >= 4 is 23.3 Å². The molecule has 9 heteroatoms. The maximum absolute atomic E-state index is 13.8. The lowest BCUT2D eigenvalue weighted by molar-refractivity contribution is -0.143. The molecular weight excluding hydrogens is 463 g/mol. The molecule has 1 fully saturated rings. The molecule has 1 saturated heterocycles. The first kappa shape index (κ1) is 25.6. The molecule has 0 radical (unpaired) electrons. The van der Waals surface area contributed by atoms with Crippen LogP contribution < -0.4 is 10.1 Å². The van der Waals surface area contributed by atoms with Crippen molar-refractivity contribution in [2.45, 2.75) is 38.4 Å². The quantitative estimate of drug-likeness (QED) is 0.620. The summed E-state index contributed by atoms with van der Waals surface area (Å²) in [5, 5.41) is 3.17. The highest BCUT2D eigenvalue weighted by molar-refractivity contribution is 6.38. The van der Waals surface area contributed by atoms with Gasteiger partial charge in [-0.2, -0.15) is 0 Å². The second-order valence-corrected chi connectivity index (χ2v) is 9.85. The summed E-state index contributed by atoms with van der Waals surface area (Å²) in [7, 11) is 4.61. The number of carbonyl (C=O) groups excluding carboxylic acids is 3. The molecule has 2 aliphatic heterocycles. The van der Waals surface area contributed by atoms with Crippen molar-refractivity contribution in [2.75, 3.05) is 46.2 Å². The second-order valence-electron chi connectivity index (χ2n) is 9.85.